The van der Waals surface area contributed by atoms with Crippen LogP contribution in [0.5, 0.6) is 0 Å². The number of likely N-dealkylation sites (tertiary alicyclic amines) is 1. The highest BCUT2D eigenvalue weighted by Crippen LogP contribution is 2.29. The van der Waals surface area contributed by atoms with Crippen LogP contribution in [0.1, 0.15) is 35.1 Å². The molecule has 2 aromatic carbocycles. The third-order valence-corrected chi connectivity index (χ3v) is 5.34. The summed E-state index contributed by atoms with van der Waals surface area (Å²) >= 11 is 0. The Balaban J connectivity index is 1.39. The number of halogens is 3. The number of nitrogens with one attached hydrogen (secondary N) is 2. The molecule has 0 spiro atoms. The van der Waals surface area contributed by atoms with E-state index in [-0.39, 0.29) is 24.2 Å². The van der Waals surface area contributed by atoms with Gasteiger partial charge in [0.15, 0.2) is 0 Å². The number of rotatable bonds is 4. The van der Waals surface area contributed by atoms with E-state index in [1.807, 2.05) is 6.07 Å². The monoisotopic (exact) mass is 429 g/mol. The number of piperidine rings is 1. The van der Waals surface area contributed by atoms with Crippen molar-refractivity contribution in [2.75, 3.05) is 19.6 Å². The van der Waals surface area contributed by atoms with Crippen molar-refractivity contribution in [1.29, 1.82) is 0 Å². The second-order valence-corrected chi connectivity index (χ2v) is 7.68. The molecule has 0 bridgehead atoms. The fourth-order valence-electron chi connectivity index (χ4n) is 3.54. The lowest BCUT2D eigenvalue weighted by molar-refractivity contribution is -0.137. The SMILES string of the molecule is Cc1ccccc1CN1CCC(NC(=O)NCC#Cc2cccc(C(F)(F)F)c2)CC1. The Hall–Kier alpha value is -2.98. The van der Waals surface area contributed by atoms with Gasteiger partial charge >= 0.3 is 12.2 Å². The number of alkyl halides is 3. The Kier molecular flexibility index (Phi) is 7.59. The third-order valence-electron chi connectivity index (χ3n) is 5.34. The van der Waals surface area contributed by atoms with E-state index in [0.29, 0.717) is 0 Å². The molecule has 0 unspecified atom stereocenters. The number of urea groups is 1. The highest BCUT2D eigenvalue weighted by Gasteiger charge is 2.30. The first-order valence-corrected chi connectivity index (χ1v) is 10.3. The average Bonchev–Trinajstić information content (AvgIpc) is 2.74. The van der Waals surface area contributed by atoms with E-state index in [2.05, 4.69) is 52.5 Å². The molecule has 1 aliphatic heterocycles. The topological polar surface area (TPSA) is 44.4 Å². The Morgan fingerprint density at radius 2 is 1.87 bits per heavy atom. The Bertz CT molecular complexity index is 954. The summed E-state index contributed by atoms with van der Waals surface area (Å²) in [5, 5.41) is 5.59. The number of nitrogens with zero attached hydrogens (tertiary/aromatic N) is 1. The molecule has 0 saturated carbocycles. The molecule has 0 atom stereocenters. The number of carbonyl (C=O) groups is 1. The Labute approximate surface area is 180 Å². The summed E-state index contributed by atoms with van der Waals surface area (Å²) in [6.45, 7) is 4.91. The summed E-state index contributed by atoms with van der Waals surface area (Å²) in [6.07, 6.45) is -2.66. The van der Waals surface area contributed by atoms with Gasteiger partial charge < -0.3 is 10.6 Å². The van der Waals surface area contributed by atoms with Crippen LogP contribution < -0.4 is 10.6 Å². The molecule has 7 heteroatoms. The lowest BCUT2D eigenvalue weighted by Crippen LogP contribution is -2.47. The predicted molar refractivity (Wildman–Crippen MR) is 114 cm³/mol. The number of aryl methyl sites for hydroxylation is 1. The molecule has 0 aromatic heterocycles. The maximum Gasteiger partial charge on any atom is 0.416 e. The van der Waals surface area contributed by atoms with Gasteiger partial charge in [0, 0.05) is 31.2 Å². The molecule has 1 fully saturated rings. The number of hydrogen-bond donors (Lipinski definition) is 2. The molecule has 2 N–H and O–H groups in total. The lowest BCUT2D eigenvalue weighted by Gasteiger charge is -2.32. The summed E-state index contributed by atoms with van der Waals surface area (Å²) in [7, 11) is 0. The molecule has 1 saturated heterocycles. The summed E-state index contributed by atoms with van der Waals surface area (Å²) < 4.78 is 38.2. The van der Waals surface area contributed by atoms with Gasteiger partial charge in [0.25, 0.3) is 0 Å². The highest BCUT2D eigenvalue weighted by atomic mass is 19.4. The Morgan fingerprint density at radius 1 is 1.13 bits per heavy atom. The quantitative estimate of drug-likeness (QED) is 0.711. The van der Waals surface area contributed by atoms with Gasteiger partial charge in [-0.05, 0) is 49.1 Å². The van der Waals surface area contributed by atoms with Crippen LogP contribution in [-0.4, -0.2) is 36.6 Å². The molecule has 4 nitrogen and oxygen atoms in total. The normalized spacial score (nSPS) is 15.1. The van der Waals surface area contributed by atoms with Crippen molar-refractivity contribution < 1.29 is 18.0 Å². The van der Waals surface area contributed by atoms with Crippen LogP contribution >= 0.6 is 0 Å². The van der Waals surface area contributed by atoms with E-state index in [1.165, 1.54) is 23.3 Å². The van der Waals surface area contributed by atoms with Crippen LogP contribution in [-0.2, 0) is 12.7 Å². The van der Waals surface area contributed by atoms with Crippen molar-refractivity contribution >= 4 is 6.03 Å². The number of hydrogen-bond acceptors (Lipinski definition) is 2. The zero-order chi connectivity index (χ0) is 22.3. The second kappa shape index (κ2) is 10.4. The average molecular weight is 429 g/mol. The van der Waals surface area contributed by atoms with Gasteiger partial charge in [-0.25, -0.2) is 4.79 Å². The largest absolute Gasteiger partial charge is 0.416 e. The van der Waals surface area contributed by atoms with Gasteiger partial charge in [-0.3, -0.25) is 4.90 Å². The van der Waals surface area contributed by atoms with Crippen molar-refractivity contribution in [2.45, 2.75) is 38.5 Å². The molecule has 3 rings (SSSR count). The number of amides is 2. The lowest BCUT2D eigenvalue weighted by atomic mass is 10.0. The molecular formula is C24H26F3N3O. The first-order chi connectivity index (χ1) is 14.8. The third kappa shape index (κ3) is 7.04. The Morgan fingerprint density at radius 3 is 2.58 bits per heavy atom. The first kappa shape index (κ1) is 22.7. The van der Waals surface area contributed by atoms with Gasteiger partial charge in [-0.1, -0.05) is 42.2 Å². The van der Waals surface area contributed by atoms with E-state index in [4.69, 9.17) is 0 Å². The second-order valence-electron chi connectivity index (χ2n) is 7.68. The van der Waals surface area contributed by atoms with Gasteiger partial charge in [-0.15, -0.1) is 0 Å². The molecule has 2 aromatic rings. The maximum absolute atomic E-state index is 12.7. The van der Waals surface area contributed by atoms with E-state index in [0.717, 1.165) is 44.6 Å². The summed E-state index contributed by atoms with van der Waals surface area (Å²) in [5.74, 6) is 5.34. The van der Waals surface area contributed by atoms with Gasteiger partial charge in [0.05, 0.1) is 12.1 Å². The number of benzene rings is 2. The van der Waals surface area contributed by atoms with Gasteiger partial charge in [0.2, 0.25) is 0 Å². The number of carbonyl (C=O) groups excluding carboxylic acids is 1. The molecular weight excluding hydrogens is 403 g/mol. The van der Waals surface area contributed by atoms with Crippen LogP contribution in [0.4, 0.5) is 18.0 Å². The van der Waals surface area contributed by atoms with Crippen molar-refractivity contribution in [3.8, 4) is 11.8 Å². The highest BCUT2D eigenvalue weighted by molar-refractivity contribution is 5.74. The molecule has 1 heterocycles. The minimum Gasteiger partial charge on any atom is -0.335 e. The molecule has 164 valence electrons. The van der Waals surface area contributed by atoms with Crippen LogP contribution in [0.2, 0.25) is 0 Å². The van der Waals surface area contributed by atoms with Crippen molar-refractivity contribution in [3.63, 3.8) is 0 Å². The van der Waals surface area contributed by atoms with Crippen molar-refractivity contribution in [1.82, 2.24) is 15.5 Å². The van der Waals surface area contributed by atoms with E-state index in [9.17, 15) is 18.0 Å². The fourth-order valence-corrected chi connectivity index (χ4v) is 3.54. The van der Waals surface area contributed by atoms with Crippen LogP contribution in [0.3, 0.4) is 0 Å². The predicted octanol–water partition coefficient (Wildman–Crippen LogP) is 4.33. The molecule has 0 aliphatic carbocycles. The van der Waals surface area contributed by atoms with Gasteiger partial charge in [0.1, 0.15) is 0 Å². The van der Waals surface area contributed by atoms with E-state index < -0.39 is 11.7 Å². The molecule has 31 heavy (non-hydrogen) atoms. The van der Waals surface area contributed by atoms with Crippen LogP contribution in [0.15, 0.2) is 48.5 Å². The van der Waals surface area contributed by atoms with Gasteiger partial charge in [-0.2, -0.15) is 13.2 Å². The fraction of sp³-hybridized carbons (Fsp3) is 0.375. The summed E-state index contributed by atoms with van der Waals surface area (Å²) in [6, 6.07) is 13.0. The van der Waals surface area contributed by atoms with Crippen molar-refractivity contribution in [2.24, 2.45) is 0 Å². The molecule has 1 aliphatic rings. The minimum absolute atomic E-state index is 0.0637. The van der Waals surface area contributed by atoms with Crippen molar-refractivity contribution in [3.05, 3.63) is 70.8 Å². The minimum atomic E-state index is -4.40. The zero-order valence-corrected chi connectivity index (χ0v) is 17.4. The first-order valence-electron chi connectivity index (χ1n) is 10.3. The molecule has 2 amide bonds. The standard InChI is InChI=1S/C24H26F3N3O/c1-18-6-2-3-9-20(18)17-30-14-11-22(12-15-30)29-23(31)28-13-5-8-19-7-4-10-21(16-19)24(25,26)27/h2-4,6-7,9-10,16,22H,11-15,17H2,1H3,(H2,28,29,31). The van der Waals surface area contributed by atoms with E-state index >= 15 is 0 Å². The summed E-state index contributed by atoms with van der Waals surface area (Å²) in [5.41, 5.74) is 2.14. The molecule has 0 radical (unpaired) electrons. The zero-order valence-electron chi connectivity index (χ0n) is 17.4. The van der Waals surface area contributed by atoms with Crippen LogP contribution in [0.25, 0.3) is 0 Å². The maximum atomic E-state index is 12.7. The summed E-state index contributed by atoms with van der Waals surface area (Å²) in [4.78, 5) is 14.5. The van der Waals surface area contributed by atoms with Crippen LogP contribution in [0, 0.1) is 18.8 Å². The van der Waals surface area contributed by atoms with E-state index in [1.54, 1.807) is 0 Å². The smallest absolute Gasteiger partial charge is 0.335 e.